The Hall–Kier alpha value is -2.56. The smallest absolute Gasteiger partial charge is 0.215 e. The van der Waals surface area contributed by atoms with Crippen molar-refractivity contribution in [2.45, 2.75) is 6.92 Å². The number of nitrogens with one attached hydrogen (secondary N) is 2. The van der Waals surface area contributed by atoms with Crippen LogP contribution in [0.15, 0.2) is 36.4 Å². The highest BCUT2D eigenvalue weighted by Crippen LogP contribution is 2.22. The molecule has 0 fully saturated rings. The number of anilines is 1. The molecule has 1 aromatic carbocycles. The van der Waals surface area contributed by atoms with Gasteiger partial charge in [0.1, 0.15) is 5.82 Å². The van der Waals surface area contributed by atoms with Crippen LogP contribution in [-0.2, 0) is 0 Å². The monoisotopic (exact) mass is 268 g/mol. The molecule has 0 atom stereocenters. The number of fused-ring (bicyclic) bond motifs is 1. The van der Waals surface area contributed by atoms with Gasteiger partial charge in [0.15, 0.2) is 5.65 Å². The number of H-pyrrole nitrogens is 1. The van der Waals surface area contributed by atoms with Gasteiger partial charge in [-0.25, -0.2) is 4.98 Å². The molecule has 3 rings (SSSR count). The maximum atomic E-state index is 5.39. The average Bonchev–Trinajstić information content (AvgIpc) is 2.91. The van der Waals surface area contributed by atoms with E-state index in [9.17, 15) is 0 Å². The van der Waals surface area contributed by atoms with E-state index < -0.39 is 0 Å². The normalized spacial score (nSPS) is 10.7. The summed E-state index contributed by atoms with van der Waals surface area (Å²) in [6, 6.07) is 11.9. The SMILES string of the molecule is CCOc1ccc2[nH]c(-c3ccc(NC)cc3)nc2n1. The lowest BCUT2D eigenvalue weighted by Gasteiger charge is -2.00. The number of aromatic nitrogens is 3. The number of hydrogen-bond acceptors (Lipinski definition) is 4. The largest absolute Gasteiger partial charge is 0.478 e. The topological polar surface area (TPSA) is 62.8 Å². The minimum atomic E-state index is 0.598. The summed E-state index contributed by atoms with van der Waals surface area (Å²) < 4.78 is 5.39. The van der Waals surface area contributed by atoms with Gasteiger partial charge in [-0.15, -0.1) is 0 Å². The summed E-state index contributed by atoms with van der Waals surface area (Å²) in [5.74, 6) is 1.41. The molecular weight excluding hydrogens is 252 g/mol. The van der Waals surface area contributed by atoms with Gasteiger partial charge >= 0.3 is 0 Å². The van der Waals surface area contributed by atoms with Crippen LogP contribution in [0.5, 0.6) is 5.88 Å². The maximum Gasteiger partial charge on any atom is 0.215 e. The van der Waals surface area contributed by atoms with Gasteiger partial charge in [0, 0.05) is 24.4 Å². The highest BCUT2D eigenvalue weighted by molar-refractivity contribution is 5.76. The van der Waals surface area contributed by atoms with E-state index in [1.54, 1.807) is 0 Å². The first kappa shape index (κ1) is 12.5. The van der Waals surface area contributed by atoms with Crippen LogP contribution in [0.1, 0.15) is 6.92 Å². The Morgan fingerprint density at radius 1 is 1.10 bits per heavy atom. The lowest BCUT2D eigenvalue weighted by Crippen LogP contribution is -1.93. The molecule has 0 saturated heterocycles. The van der Waals surface area contributed by atoms with Gasteiger partial charge in [-0.1, -0.05) is 0 Å². The second-order valence-electron chi connectivity index (χ2n) is 4.37. The fourth-order valence-corrected chi connectivity index (χ4v) is 2.03. The Balaban J connectivity index is 1.98. The molecule has 20 heavy (non-hydrogen) atoms. The Labute approximate surface area is 117 Å². The molecule has 3 aromatic rings. The zero-order valence-corrected chi connectivity index (χ0v) is 11.5. The Bertz CT molecular complexity index is 718. The number of imidazole rings is 1. The molecule has 5 nitrogen and oxygen atoms in total. The zero-order valence-electron chi connectivity index (χ0n) is 11.5. The molecule has 0 aliphatic heterocycles. The summed E-state index contributed by atoms with van der Waals surface area (Å²) in [6.07, 6.45) is 0. The molecule has 5 heteroatoms. The summed E-state index contributed by atoms with van der Waals surface area (Å²) in [5, 5.41) is 3.09. The molecule has 0 spiro atoms. The minimum absolute atomic E-state index is 0.598. The van der Waals surface area contributed by atoms with Crippen molar-refractivity contribution in [1.82, 2.24) is 15.0 Å². The fourth-order valence-electron chi connectivity index (χ4n) is 2.03. The highest BCUT2D eigenvalue weighted by atomic mass is 16.5. The van der Waals surface area contributed by atoms with E-state index >= 15 is 0 Å². The van der Waals surface area contributed by atoms with Crippen LogP contribution < -0.4 is 10.1 Å². The van der Waals surface area contributed by atoms with Crippen LogP contribution in [0, 0.1) is 0 Å². The third kappa shape index (κ3) is 2.30. The molecule has 2 heterocycles. The molecule has 0 bridgehead atoms. The highest BCUT2D eigenvalue weighted by Gasteiger charge is 2.07. The van der Waals surface area contributed by atoms with Gasteiger partial charge < -0.3 is 15.0 Å². The van der Waals surface area contributed by atoms with E-state index in [0.29, 0.717) is 18.1 Å². The average molecular weight is 268 g/mol. The fraction of sp³-hybridized carbons (Fsp3) is 0.200. The molecule has 0 amide bonds. The number of aromatic amines is 1. The molecule has 2 N–H and O–H groups in total. The van der Waals surface area contributed by atoms with Crippen molar-refractivity contribution in [3.05, 3.63) is 36.4 Å². The van der Waals surface area contributed by atoms with E-state index in [-0.39, 0.29) is 0 Å². The predicted octanol–water partition coefficient (Wildman–Crippen LogP) is 3.07. The van der Waals surface area contributed by atoms with Gasteiger partial charge in [0.25, 0.3) is 0 Å². The molecule has 0 unspecified atom stereocenters. The maximum absolute atomic E-state index is 5.39. The minimum Gasteiger partial charge on any atom is -0.478 e. The lowest BCUT2D eigenvalue weighted by atomic mass is 10.2. The van der Waals surface area contributed by atoms with Crippen molar-refractivity contribution in [2.75, 3.05) is 19.0 Å². The van der Waals surface area contributed by atoms with Crippen LogP contribution in [-0.4, -0.2) is 28.6 Å². The number of benzene rings is 1. The van der Waals surface area contributed by atoms with Gasteiger partial charge in [0.2, 0.25) is 5.88 Å². The van der Waals surface area contributed by atoms with Crippen molar-refractivity contribution in [2.24, 2.45) is 0 Å². The van der Waals surface area contributed by atoms with Crippen LogP contribution in [0.3, 0.4) is 0 Å². The van der Waals surface area contributed by atoms with Crippen molar-refractivity contribution in [1.29, 1.82) is 0 Å². The van der Waals surface area contributed by atoms with Crippen LogP contribution in [0.4, 0.5) is 5.69 Å². The second-order valence-corrected chi connectivity index (χ2v) is 4.37. The molecule has 0 aliphatic carbocycles. The Kier molecular flexibility index (Phi) is 3.25. The number of nitrogens with zero attached hydrogens (tertiary/aromatic N) is 2. The third-order valence-electron chi connectivity index (χ3n) is 3.06. The van der Waals surface area contributed by atoms with Gasteiger partial charge in [-0.2, -0.15) is 4.98 Å². The molecule has 102 valence electrons. The van der Waals surface area contributed by atoms with Crippen molar-refractivity contribution < 1.29 is 4.74 Å². The number of ether oxygens (including phenoxy) is 1. The standard InChI is InChI=1S/C15H16N4O/c1-3-20-13-9-8-12-15(18-13)19-14(17-12)10-4-6-11(16-2)7-5-10/h4-9,16H,3H2,1-2H3,(H,17,18,19). The third-order valence-corrected chi connectivity index (χ3v) is 3.06. The Morgan fingerprint density at radius 2 is 1.90 bits per heavy atom. The predicted molar refractivity (Wildman–Crippen MR) is 80.0 cm³/mol. The summed E-state index contributed by atoms with van der Waals surface area (Å²) in [4.78, 5) is 12.2. The molecular formula is C15H16N4O. The first-order valence-corrected chi connectivity index (χ1v) is 6.58. The molecule has 0 radical (unpaired) electrons. The summed E-state index contributed by atoms with van der Waals surface area (Å²) >= 11 is 0. The number of rotatable bonds is 4. The first-order valence-electron chi connectivity index (χ1n) is 6.58. The van der Waals surface area contributed by atoms with Crippen molar-refractivity contribution in [3.8, 4) is 17.3 Å². The molecule has 0 saturated carbocycles. The molecule has 0 aliphatic rings. The lowest BCUT2D eigenvalue weighted by molar-refractivity contribution is 0.328. The van der Waals surface area contributed by atoms with E-state index in [1.165, 1.54) is 0 Å². The van der Waals surface area contributed by atoms with Gasteiger partial charge in [0.05, 0.1) is 12.1 Å². The van der Waals surface area contributed by atoms with Crippen LogP contribution in [0.25, 0.3) is 22.6 Å². The van der Waals surface area contributed by atoms with Gasteiger partial charge in [-0.05, 0) is 37.3 Å². The van der Waals surface area contributed by atoms with Crippen LogP contribution >= 0.6 is 0 Å². The van der Waals surface area contributed by atoms with Crippen LogP contribution in [0.2, 0.25) is 0 Å². The van der Waals surface area contributed by atoms with E-state index in [2.05, 4.69) is 20.3 Å². The van der Waals surface area contributed by atoms with Crippen molar-refractivity contribution >= 4 is 16.9 Å². The quantitative estimate of drug-likeness (QED) is 0.763. The van der Waals surface area contributed by atoms with E-state index in [1.807, 2.05) is 50.4 Å². The summed E-state index contributed by atoms with van der Waals surface area (Å²) in [6.45, 7) is 2.53. The Morgan fingerprint density at radius 3 is 2.60 bits per heavy atom. The summed E-state index contributed by atoms with van der Waals surface area (Å²) in [5.41, 5.74) is 3.67. The number of hydrogen-bond donors (Lipinski definition) is 2. The first-order chi connectivity index (χ1) is 9.80. The molecule has 2 aromatic heterocycles. The number of pyridine rings is 1. The second kappa shape index (κ2) is 5.21. The van der Waals surface area contributed by atoms with E-state index in [4.69, 9.17) is 4.74 Å². The van der Waals surface area contributed by atoms with E-state index in [0.717, 1.165) is 22.6 Å². The van der Waals surface area contributed by atoms with Gasteiger partial charge in [-0.3, -0.25) is 0 Å². The summed E-state index contributed by atoms with van der Waals surface area (Å²) in [7, 11) is 1.90. The zero-order chi connectivity index (χ0) is 13.9. The van der Waals surface area contributed by atoms with Crippen molar-refractivity contribution in [3.63, 3.8) is 0 Å².